The highest BCUT2D eigenvalue weighted by molar-refractivity contribution is 7.99. The zero-order valence-corrected chi connectivity index (χ0v) is 11.0. The first-order valence-electron chi connectivity index (χ1n) is 6.41. The Balaban J connectivity index is 1.46. The molecule has 17 heavy (non-hydrogen) atoms. The van der Waals surface area contributed by atoms with E-state index in [0.717, 1.165) is 24.9 Å². The zero-order chi connectivity index (χ0) is 11.8. The minimum Gasteiger partial charge on any atom is -0.381 e. The second-order valence-electron chi connectivity index (χ2n) is 4.42. The van der Waals surface area contributed by atoms with Crippen LogP contribution in [0, 0.1) is 5.92 Å². The van der Waals surface area contributed by atoms with Gasteiger partial charge in [-0.1, -0.05) is 18.2 Å². The molecule has 1 aromatic carbocycles. The average Bonchev–Trinajstić information content (AvgIpc) is 2.88. The first-order valence-corrected chi connectivity index (χ1v) is 7.40. The van der Waals surface area contributed by atoms with Crippen LogP contribution in [-0.2, 0) is 4.74 Å². The predicted molar refractivity (Wildman–Crippen MR) is 73.6 cm³/mol. The van der Waals surface area contributed by atoms with Gasteiger partial charge in [-0.3, -0.25) is 0 Å². The van der Waals surface area contributed by atoms with Crippen molar-refractivity contribution in [2.45, 2.75) is 17.7 Å². The minimum atomic E-state index is 0.844. The average molecular weight is 251 g/mol. The number of benzene rings is 1. The Kier molecular flexibility index (Phi) is 5.89. The molecule has 0 aromatic heterocycles. The maximum absolute atomic E-state index is 5.67. The van der Waals surface area contributed by atoms with Gasteiger partial charge in [0.05, 0.1) is 6.61 Å². The van der Waals surface area contributed by atoms with Gasteiger partial charge in [0.2, 0.25) is 0 Å². The molecule has 1 saturated heterocycles. The Hall–Kier alpha value is -0.510. The summed E-state index contributed by atoms with van der Waals surface area (Å²) in [4.78, 5) is 1.33. The van der Waals surface area contributed by atoms with Crippen molar-refractivity contribution in [3.63, 3.8) is 0 Å². The Labute approximate surface area is 108 Å². The summed E-state index contributed by atoms with van der Waals surface area (Å²) in [6.07, 6.45) is 2.53. The van der Waals surface area contributed by atoms with Gasteiger partial charge in [0.1, 0.15) is 0 Å². The normalized spacial score (nSPS) is 19.6. The van der Waals surface area contributed by atoms with Gasteiger partial charge in [-0.2, -0.15) is 0 Å². The summed E-state index contributed by atoms with van der Waals surface area (Å²) in [5, 5.41) is 3.39. The lowest BCUT2D eigenvalue weighted by Crippen LogP contribution is -2.11. The molecule has 1 aliphatic rings. The molecular weight excluding hydrogens is 230 g/mol. The van der Waals surface area contributed by atoms with E-state index < -0.39 is 0 Å². The molecule has 0 saturated carbocycles. The van der Waals surface area contributed by atoms with Crippen LogP contribution in [0.1, 0.15) is 12.8 Å². The van der Waals surface area contributed by atoms with Crippen LogP contribution < -0.4 is 5.32 Å². The van der Waals surface area contributed by atoms with Crippen LogP contribution in [0.15, 0.2) is 35.2 Å². The first-order chi connectivity index (χ1) is 8.45. The smallest absolute Gasteiger partial charge is 0.0560 e. The first kappa shape index (κ1) is 12.9. The summed E-state index contributed by atoms with van der Waals surface area (Å²) in [7, 11) is 0. The van der Waals surface area contributed by atoms with Gasteiger partial charge in [-0.25, -0.2) is 0 Å². The molecule has 3 heteroatoms. The Morgan fingerprint density at radius 3 is 2.88 bits per heavy atom. The number of rotatable bonds is 7. The quantitative estimate of drug-likeness (QED) is 0.595. The molecule has 0 amide bonds. The maximum Gasteiger partial charge on any atom is 0.0560 e. The van der Waals surface area contributed by atoms with E-state index in [1.54, 1.807) is 0 Å². The minimum absolute atomic E-state index is 0.844. The molecule has 0 aliphatic carbocycles. The monoisotopic (exact) mass is 251 g/mol. The number of nitrogens with one attached hydrogen (secondary N) is 1. The molecule has 2 rings (SSSR count). The number of ether oxygens (including phenoxy) is 1. The van der Waals surface area contributed by atoms with Crippen molar-refractivity contribution in [2.24, 2.45) is 5.92 Å². The van der Waals surface area contributed by atoms with Gasteiger partial charge in [-0.05, 0) is 44.0 Å². The van der Waals surface area contributed by atoms with Crippen LogP contribution >= 0.6 is 11.8 Å². The molecule has 1 aliphatic heterocycles. The third-order valence-corrected chi connectivity index (χ3v) is 4.05. The lowest BCUT2D eigenvalue weighted by atomic mass is 10.1. The van der Waals surface area contributed by atoms with E-state index >= 15 is 0 Å². The Bertz CT molecular complexity index is 298. The SMILES string of the molecule is c1ccc(SCCOCCC2CCNC2)cc1. The van der Waals surface area contributed by atoms with Crippen molar-refractivity contribution in [1.82, 2.24) is 5.32 Å². The van der Waals surface area contributed by atoms with Gasteiger partial charge in [0.25, 0.3) is 0 Å². The molecule has 94 valence electrons. The Morgan fingerprint density at radius 1 is 1.24 bits per heavy atom. The number of hydrogen-bond donors (Lipinski definition) is 1. The van der Waals surface area contributed by atoms with Crippen molar-refractivity contribution in [2.75, 3.05) is 32.1 Å². The molecule has 1 atom stereocenters. The Morgan fingerprint density at radius 2 is 2.12 bits per heavy atom. The lowest BCUT2D eigenvalue weighted by Gasteiger charge is -2.08. The largest absolute Gasteiger partial charge is 0.381 e. The van der Waals surface area contributed by atoms with Gasteiger partial charge < -0.3 is 10.1 Å². The van der Waals surface area contributed by atoms with Crippen LogP contribution in [0.2, 0.25) is 0 Å². The van der Waals surface area contributed by atoms with Crippen LogP contribution in [0.4, 0.5) is 0 Å². The fourth-order valence-corrected chi connectivity index (χ4v) is 2.83. The van der Waals surface area contributed by atoms with Gasteiger partial charge in [0.15, 0.2) is 0 Å². The zero-order valence-electron chi connectivity index (χ0n) is 10.2. The fourth-order valence-electron chi connectivity index (χ4n) is 2.05. The molecule has 1 fully saturated rings. The van der Waals surface area contributed by atoms with E-state index in [1.807, 2.05) is 11.8 Å². The van der Waals surface area contributed by atoms with Crippen LogP contribution in [0.25, 0.3) is 0 Å². The molecule has 0 spiro atoms. The maximum atomic E-state index is 5.67. The van der Waals surface area contributed by atoms with Gasteiger partial charge in [-0.15, -0.1) is 11.8 Å². The molecule has 0 radical (unpaired) electrons. The van der Waals surface area contributed by atoms with E-state index in [1.165, 1.54) is 30.8 Å². The van der Waals surface area contributed by atoms with E-state index in [0.29, 0.717) is 0 Å². The highest BCUT2D eigenvalue weighted by Gasteiger charge is 2.13. The van der Waals surface area contributed by atoms with Gasteiger partial charge >= 0.3 is 0 Å². The summed E-state index contributed by atoms with van der Waals surface area (Å²) in [5.41, 5.74) is 0. The van der Waals surface area contributed by atoms with Crippen LogP contribution in [0.5, 0.6) is 0 Å². The lowest BCUT2D eigenvalue weighted by molar-refractivity contribution is 0.136. The molecular formula is C14H21NOS. The highest BCUT2D eigenvalue weighted by atomic mass is 32.2. The van der Waals surface area contributed by atoms with Crippen molar-refractivity contribution < 1.29 is 4.74 Å². The van der Waals surface area contributed by atoms with Gasteiger partial charge in [0, 0.05) is 17.3 Å². The summed E-state index contributed by atoms with van der Waals surface area (Å²) in [6, 6.07) is 10.5. The second-order valence-corrected chi connectivity index (χ2v) is 5.59. The van der Waals surface area contributed by atoms with E-state index in [2.05, 4.69) is 35.6 Å². The highest BCUT2D eigenvalue weighted by Crippen LogP contribution is 2.16. The number of thioether (sulfide) groups is 1. The van der Waals surface area contributed by atoms with Crippen molar-refractivity contribution in [1.29, 1.82) is 0 Å². The van der Waals surface area contributed by atoms with E-state index in [4.69, 9.17) is 4.74 Å². The molecule has 1 unspecified atom stereocenters. The third kappa shape index (κ3) is 5.11. The summed E-state index contributed by atoms with van der Waals surface area (Å²) < 4.78 is 5.67. The topological polar surface area (TPSA) is 21.3 Å². The molecule has 0 bridgehead atoms. The van der Waals surface area contributed by atoms with E-state index in [-0.39, 0.29) is 0 Å². The summed E-state index contributed by atoms with van der Waals surface area (Å²) in [6.45, 7) is 4.15. The fraction of sp³-hybridized carbons (Fsp3) is 0.571. The van der Waals surface area contributed by atoms with Crippen molar-refractivity contribution in [3.05, 3.63) is 30.3 Å². The second kappa shape index (κ2) is 7.75. The van der Waals surface area contributed by atoms with Crippen LogP contribution in [-0.4, -0.2) is 32.1 Å². The molecule has 1 N–H and O–H groups in total. The summed E-state index contributed by atoms with van der Waals surface area (Å²) >= 11 is 1.87. The van der Waals surface area contributed by atoms with Crippen molar-refractivity contribution in [3.8, 4) is 0 Å². The number of hydrogen-bond acceptors (Lipinski definition) is 3. The standard InChI is InChI=1S/C14H21NOS/c1-2-4-14(5-3-1)17-11-10-16-9-7-13-6-8-15-12-13/h1-5,13,15H,6-12H2. The molecule has 2 nitrogen and oxygen atoms in total. The van der Waals surface area contributed by atoms with Crippen molar-refractivity contribution >= 4 is 11.8 Å². The predicted octanol–water partition coefficient (Wildman–Crippen LogP) is 2.79. The third-order valence-electron chi connectivity index (χ3n) is 3.07. The summed E-state index contributed by atoms with van der Waals surface area (Å²) in [5.74, 6) is 1.89. The molecule has 1 heterocycles. The molecule has 1 aromatic rings. The van der Waals surface area contributed by atoms with Crippen LogP contribution in [0.3, 0.4) is 0 Å². The van der Waals surface area contributed by atoms with E-state index in [9.17, 15) is 0 Å².